The van der Waals surface area contributed by atoms with E-state index < -0.39 is 0 Å². The molecule has 1 fully saturated rings. The Kier molecular flexibility index (Phi) is 2.84. The lowest BCUT2D eigenvalue weighted by Gasteiger charge is -2.31. The smallest absolute Gasteiger partial charge is 0.172 e. The predicted octanol–water partition coefficient (Wildman–Crippen LogP) is 2.19. The van der Waals surface area contributed by atoms with Crippen LogP contribution in [0.1, 0.15) is 25.7 Å². The van der Waals surface area contributed by atoms with Gasteiger partial charge in [0.25, 0.3) is 0 Å². The average Bonchev–Trinajstić information content (AvgIpc) is 2.80. The van der Waals surface area contributed by atoms with E-state index >= 15 is 0 Å². The van der Waals surface area contributed by atoms with Gasteiger partial charge in [-0.2, -0.15) is 0 Å². The molecule has 0 N–H and O–H groups in total. The number of ether oxygens (including phenoxy) is 3. The number of hydrogen-bond acceptors (Lipinski definition) is 3. The Labute approximate surface area is 96.1 Å². The Morgan fingerprint density at radius 1 is 0.938 bits per heavy atom. The van der Waals surface area contributed by atoms with Crippen molar-refractivity contribution in [1.29, 1.82) is 0 Å². The van der Waals surface area contributed by atoms with E-state index in [9.17, 15) is 0 Å². The first-order valence-electron chi connectivity index (χ1n) is 6.12. The third kappa shape index (κ3) is 1.95. The monoisotopic (exact) mass is 222 g/mol. The molecule has 1 saturated heterocycles. The van der Waals surface area contributed by atoms with Gasteiger partial charge in [-0.3, -0.25) is 0 Å². The van der Waals surface area contributed by atoms with Crippen molar-refractivity contribution < 1.29 is 14.2 Å². The van der Waals surface area contributed by atoms with Crippen LogP contribution < -0.4 is 0 Å². The van der Waals surface area contributed by atoms with Crippen molar-refractivity contribution in [3.05, 3.63) is 23.3 Å². The number of allylic oxidation sites excluding steroid dienone is 1. The van der Waals surface area contributed by atoms with Crippen molar-refractivity contribution in [1.82, 2.24) is 0 Å². The Morgan fingerprint density at radius 3 is 2.38 bits per heavy atom. The van der Waals surface area contributed by atoms with Crippen LogP contribution in [0.25, 0.3) is 0 Å². The quantitative estimate of drug-likeness (QED) is 0.680. The summed E-state index contributed by atoms with van der Waals surface area (Å²) in [5.74, 6) is -0.283. The molecule has 0 unspecified atom stereocenters. The fourth-order valence-electron chi connectivity index (χ4n) is 2.68. The fourth-order valence-corrected chi connectivity index (χ4v) is 2.68. The van der Waals surface area contributed by atoms with Gasteiger partial charge in [-0.25, -0.2) is 0 Å². The molecule has 0 saturated carbocycles. The zero-order valence-electron chi connectivity index (χ0n) is 9.54. The van der Waals surface area contributed by atoms with Crippen LogP contribution in [0, 0.1) is 0 Å². The number of rotatable bonds is 1. The second kappa shape index (κ2) is 4.32. The molecule has 0 aromatic heterocycles. The van der Waals surface area contributed by atoms with Crippen LogP contribution >= 0.6 is 0 Å². The van der Waals surface area contributed by atoms with E-state index in [-0.39, 0.29) is 5.79 Å². The van der Waals surface area contributed by atoms with E-state index in [0.717, 1.165) is 52.1 Å². The minimum Gasteiger partial charge on any atom is -0.377 e. The molecule has 0 aromatic carbocycles. The number of hydrogen-bond donors (Lipinski definition) is 0. The summed E-state index contributed by atoms with van der Waals surface area (Å²) >= 11 is 0. The van der Waals surface area contributed by atoms with E-state index in [1.165, 1.54) is 11.1 Å². The van der Waals surface area contributed by atoms with Crippen molar-refractivity contribution in [3.8, 4) is 0 Å². The SMILES string of the molecule is C1=C(C2=CCC3(CC2)OCCO3)CCOC1. The van der Waals surface area contributed by atoms with Gasteiger partial charge >= 0.3 is 0 Å². The predicted molar refractivity (Wildman–Crippen MR) is 60.1 cm³/mol. The Morgan fingerprint density at radius 2 is 1.75 bits per heavy atom. The maximum absolute atomic E-state index is 5.71. The highest BCUT2D eigenvalue weighted by molar-refractivity contribution is 5.33. The molecule has 0 bridgehead atoms. The van der Waals surface area contributed by atoms with Crippen LogP contribution in [0.5, 0.6) is 0 Å². The molecule has 0 radical (unpaired) electrons. The maximum atomic E-state index is 5.71. The van der Waals surface area contributed by atoms with Crippen molar-refractivity contribution in [2.75, 3.05) is 26.4 Å². The molecule has 0 aromatic rings. The molecule has 3 rings (SSSR count). The highest BCUT2D eigenvalue weighted by Gasteiger charge is 2.37. The third-order valence-corrected chi connectivity index (χ3v) is 3.62. The lowest BCUT2D eigenvalue weighted by atomic mass is 9.88. The molecule has 2 aliphatic heterocycles. The molecule has 88 valence electrons. The van der Waals surface area contributed by atoms with E-state index in [0.29, 0.717) is 0 Å². The summed E-state index contributed by atoms with van der Waals surface area (Å²) in [6.45, 7) is 3.13. The van der Waals surface area contributed by atoms with E-state index in [2.05, 4.69) is 12.2 Å². The van der Waals surface area contributed by atoms with Crippen molar-refractivity contribution >= 4 is 0 Å². The van der Waals surface area contributed by atoms with Gasteiger partial charge in [0.05, 0.1) is 26.4 Å². The van der Waals surface area contributed by atoms with Gasteiger partial charge in [0.2, 0.25) is 0 Å². The maximum Gasteiger partial charge on any atom is 0.172 e. The molecule has 0 amide bonds. The second-order valence-electron chi connectivity index (χ2n) is 4.60. The summed E-state index contributed by atoms with van der Waals surface area (Å²) < 4.78 is 16.7. The summed E-state index contributed by atoms with van der Waals surface area (Å²) in [6, 6.07) is 0. The minimum atomic E-state index is -0.283. The molecule has 3 aliphatic rings. The lowest BCUT2D eigenvalue weighted by Crippen LogP contribution is -2.32. The van der Waals surface area contributed by atoms with Crippen molar-refractivity contribution in [3.63, 3.8) is 0 Å². The molecular formula is C13H18O3. The van der Waals surface area contributed by atoms with Crippen LogP contribution in [0.4, 0.5) is 0 Å². The zero-order valence-corrected chi connectivity index (χ0v) is 9.54. The van der Waals surface area contributed by atoms with Gasteiger partial charge in [-0.05, 0) is 24.0 Å². The Bertz CT molecular complexity index is 324. The molecule has 3 nitrogen and oxygen atoms in total. The fraction of sp³-hybridized carbons (Fsp3) is 0.692. The average molecular weight is 222 g/mol. The van der Waals surface area contributed by atoms with Crippen LogP contribution in [-0.2, 0) is 14.2 Å². The van der Waals surface area contributed by atoms with Gasteiger partial charge < -0.3 is 14.2 Å². The molecule has 2 heterocycles. The summed E-state index contributed by atoms with van der Waals surface area (Å²) in [6.07, 6.45) is 8.54. The van der Waals surface area contributed by atoms with Crippen molar-refractivity contribution in [2.24, 2.45) is 0 Å². The molecule has 1 spiro atoms. The minimum absolute atomic E-state index is 0.283. The van der Waals surface area contributed by atoms with Crippen LogP contribution in [0.2, 0.25) is 0 Å². The Hall–Kier alpha value is -0.640. The first-order chi connectivity index (χ1) is 7.88. The van der Waals surface area contributed by atoms with Gasteiger partial charge in [-0.1, -0.05) is 12.2 Å². The summed E-state index contributed by atoms with van der Waals surface area (Å²) in [7, 11) is 0. The largest absolute Gasteiger partial charge is 0.377 e. The zero-order chi connectivity index (χ0) is 10.8. The second-order valence-corrected chi connectivity index (χ2v) is 4.60. The van der Waals surface area contributed by atoms with Gasteiger partial charge in [-0.15, -0.1) is 0 Å². The molecule has 16 heavy (non-hydrogen) atoms. The van der Waals surface area contributed by atoms with E-state index in [1.807, 2.05) is 0 Å². The summed E-state index contributed by atoms with van der Waals surface area (Å²) in [5, 5.41) is 0. The van der Waals surface area contributed by atoms with Gasteiger partial charge in [0, 0.05) is 12.8 Å². The molecular weight excluding hydrogens is 204 g/mol. The molecule has 0 atom stereocenters. The van der Waals surface area contributed by atoms with Crippen LogP contribution in [-0.4, -0.2) is 32.2 Å². The van der Waals surface area contributed by atoms with Crippen molar-refractivity contribution in [2.45, 2.75) is 31.5 Å². The van der Waals surface area contributed by atoms with Gasteiger partial charge in [0.1, 0.15) is 0 Å². The van der Waals surface area contributed by atoms with Crippen LogP contribution in [0.3, 0.4) is 0 Å². The first-order valence-corrected chi connectivity index (χ1v) is 6.12. The van der Waals surface area contributed by atoms with Crippen LogP contribution in [0.15, 0.2) is 23.3 Å². The highest BCUT2D eigenvalue weighted by atomic mass is 16.7. The van der Waals surface area contributed by atoms with E-state index in [1.54, 1.807) is 0 Å². The normalized spacial score (nSPS) is 29.0. The molecule has 1 aliphatic carbocycles. The van der Waals surface area contributed by atoms with Gasteiger partial charge in [0.15, 0.2) is 5.79 Å². The summed E-state index contributed by atoms with van der Waals surface area (Å²) in [4.78, 5) is 0. The third-order valence-electron chi connectivity index (χ3n) is 3.62. The molecule has 3 heteroatoms. The van der Waals surface area contributed by atoms with E-state index in [4.69, 9.17) is 14.2 Å². The lowest BCUT2D eigenvalue weighted by molar-refractivity contribution is -0.161. The Balaban J connectivity index is 1.70. The highest BCUT2D eigenvalue weighted by Crippen LogP contribution is 2.37. The standard InChI is InChI=1S/C13H18O3/c1-5-13(15-9-10-16-13)6-2-11(1)12-3-7-14-8-4-12/h1,3H,2,4-10H2. The summed E-state index contributed by atoms with van der Waals surface area (Å²) in [5.41, 5.74) is 2.95. The first kappa shape index (κ1) is 10.5. The topological polar surface area (TPSA) is 27.7 Å².